The highest BCUT2D eigenvalue weighted by Gasteiger charge is 2.37. The van der Waals surface area contributed by atoms with Gasteiger partial charge in [-0.15, -0.1) is 0 Å². The van der Waals surface area contributed by atoms with Crippen LogP contribution in [0.25, 0.3) is 0 Å². The molecule has 1 N–H and O–H groups in total. The van der Waals surface area contributed by atoms with Crippen LogP contribution in [0.15, 0.2) is 24.3 Å². The topological polar surface area (TPSA) is 52.9 Å². The third-order valence-corrected chi connectivity index (χ3v) is 3.74. The SMILES string of the molecule is N#CCNC(=O)C1(C#Cc2cccc(F)c2)CCCCC1. The Hall–Kier alpha value is -2.33. The lowest BCUT2D eigenvalue weighted by molar-refractivity contribution is -0.129. The van der Waals surface area contributed by atoms with Gasteiger partial charge in [0.2, 0.25) is 5.91 Å². The molecule has 1 saturated carbocycles. The van der Waals surface area contributed by atoms with E-state index in [1.165, 1.54) is 12.1 Å². The zero-order chi connectivity index (χ0) is 15.1. The van der Waals surface area contributed by atoms with Crippen molar-refractivity contribution in [1.82, 2.24) is 5.32 Å². The third kappa shape index (κ3) is 3.83. The van der Waals surface area contributed by atoms with Crippen molar-refractivity contribution >= 4 is 5.91 Å². The molecule has 0 aromatic heterocycles. The summed E-state index contributed by atoms with van der Waals surface area (Å²) in [5, 5.41) is 11.2. The van der Waals surface area contributed by atoms with Gasteiger partial charge in [0, 0.05) is 5.56 Å². The van der Waals surface area contributed by atoms with Crippen LogP contribution in [0.4, 0.5) is 4.39 Å². The van der Waals surface area contributed by atoms with Gasteiger partial charge in [0.25, 0.3) is 0 Å². The molecule has 0 spiro atoms. The third-order valence-electron chi connectivity index (χ3n) is 3.74. The number of nitrogens with zero attached hydrogens (tertiary/aromatic N) is 1. The molecule has 21 heavy (non-hydrogen) atoms. The van der Waals surface area contributed by atoms with Crippen LogP contribution in [0.2, 0.25) is 0 Å². The second-order valence-corrected chi connectivity index (χ2v) is 5.24. The van der Waals surface area contributed by atoms with E-state index in [0.717, 1.165) is 19.3 Å². The number of halogens is 1. The van der Waals surface area contributed by atoms with Gasteiger partial charge < -0.3 is 5.32 Å². The number of hydrogen-bond acceptors (Lipinski definition) is 2. The zero-order valence-electron chi connectivity index (χ0n) is 11.8. The molecule has 1 amide bonds. The first kappa shape index (κ1) is 15.1. The van der Waals surface area contributed by atoms with Gasteiger partial charge in [0.05, 0.1) is 6.07 Å². The van der Waals surface area contributed by atoms with Crippen LogP contribution in [0, 0.1) is 34.4 Å². The van der Waals surface area contributed by atoms with Gasteiger partial charge >= 0.3 is 0 Å². The summed E-state index contributed by atoms with van der Waals surface area (Å²) >= 11 is 0. The Kier molecular flexibility index (Phi) is 4.95. The molecular weight excluding hydrogens is 267 g/mol. The molecule has 0 atom stereocenters. The molecule has 1 aromatic carbocycles. The first-order valence-corrected chi connectivity index (χ1v) is 7.10. The van der Waals surface area contributed by atoms with Crippen LogP contribution in [0.5, 0.6) is 0 Å². The number of hydrogen-bond donors (Lipinski definition) is 1. The van der Waals surface area contributed by atoms with Crippen LogP contribution in [0.3, 0.4) is 0 Å². The molecule has 0 bridgehead atoms. The lowest BCUT2D eigenvalue weighted by Crippen LogP contribution is -2.41. The average molecular weight is 284 g/mol. The number of benzene rings is 1. The molecule has 2 rings (SSSR count). The first-order chi connectivity index (χ1) is 10.2. The highest BCUT2D eigenvalue weighted by molar-refractivity contribution is 5.86. The molecule has 0 unspecified atom stereocenters. The molecule has 4 heteroatoms. The smallest absolute Gasteiger partial charge is 0.239 e. The highest BCUT2D eigenvalue weighted by atomic mass is 19.1. The largest absolute Gasteiger partial charge is 0.342 e. The minimum atomic E-state index is -0.749. The van der Waals surface area contributed by atoms with Crippen LogP contribution in [0.1, 0.15) is 37.7 Å². The number of nitriles is 1. The zero-order valence-corrected chi connectivity index (χ0v) is 11.8. The van der Waals surface area contributed by atoms with E-state index in [2.05, 4.69) is 17.2 Å². The Labute approximate surface area is 124 Å². The summed E-state index contributed by atoms with van der Waals surface area (Å²) in [4.78, 5) is 12.3. The lowest BCUT2D eigenvalue weighted by atomic mass is 9.73. The normalized spacial score (nSPS) is 16.2. The first-order valence-electron chi connectivity index (χ1n) is 7.10. The number of nitrogens with one attached hydrogen (secondary N) is 1. The second kappa shape index (κ2) is 6.90. The minimum Gasteiger partial charge on any atom is -0.342 e. The maximum absolute atomic E-state index is 13.2. The van der Waals surface area contributed by atoms with E-state index in [-0.39, 0.29) is 18.3 Å². The fraction of sp³-hybridized carbons (Fsp3) is 0.412. The van der Waals surface area contributed by atoms with Crippen LogP contribution in [-0.2, 0) is 4.79 Å². The fourth-order valence-electron chi connectivity index (χ4n) is 2.61. The summed E-state index contributed by atoms with van der Waals surface area (Å²) in [6.45, 7) is -0.0117. The van der Waals surface area contributed by atoms with Crippen molar-refractivity contribution in [3.8, 4) is 17.9 Å². The van der Waals surface area contributed by atoms with Crippen molar-refractivity contribution in [2.45, 2.75) is 32.1 Å². The monoisotopic (exact) mass is 284 g/mol. The van der Waals surface area contributed by atoms with Gasteiger partial charge in [-0.3, -0.25) is 4.79 Å². The number of amides is 1. The van der Waals surface area contributed by atoms with E-state index in [9.17, 15) is 9.18 Å². The summed E-state index contributed by atoms with van der Waals surface area (Å²) in [5.74, 6) is 5.44. The molecule has 0 saturated heterocycles. The fourth-order valence-corrected chi connectivity index (χ4v) is 2.61. The summed E-state index contributed by atoms with van der Waals surface area (Å²) in [6, 6.07) is 7.95. The van der Waals surface area contributed by atoms with Crippen molar-refractivity contribution in [2.24, 2.45) is 5.41 Å². The van der Waals surface area contributed by atoms with Gasteiger partial charge in [-0.1, -0.05) is 37.2 Å². The maximum Gasteiger partial charge on any atom is 0.239 e. The van der Waals surface area contributed by atoms with E-state index in [1.54, 1.807) is 12.1 Å². The summed E-state index contributed by atoms with van der Waals surface area (Å²) in [7, 11) is 0. The molecule has 108 valence electrons. The molecule has 1 fully saturated rings. The highest BCUT2D eigenvalue weighted by Crippen LogP contribution is 2.36. The summed E-state index contributed by atoms with van der Waals surface area (Å²) in [6.07, 6.45) is 4.35. The van der Waals surface area contributed by atoms with Crippen molar-refractivity contribution in [3.63, 3.8) is 0 Å². The Morgan fingerprint density at radius 3 is 2.76 bits per heavy atom. The summed E-state index contributed by atoms with van der Waals surface area (Å²) in [5.41, 5.74) is -0.186. The lowest BCUT2D eigenvalue weighted by Gasteiger charge is -2.30. The van der Waals surface area contributed by atoms with Crippen LogP contribution in [-0.4, -0.2) is 12.5 Å². The Morgan fingerprint density at radius 2 is 2.10 bits per heavy atom. The van der Waals surface area contributed by atoms with Gasteiger partial charge in [-0.25, -0.2) is 4.39 Å². The molecule has 1 aromatic rings. The van der Waals surface area contributed by atoms with Crippen LogP contribution < -0.4 is 5.32 Å². The predicted octanol–water partition coefficient (Wildman–Crippen LogP) is 2.77. The van der Waals surface area contributed by atoms with E-state index in [1.807, 2.05) is 6.07 Å². The number of rotatable bonds is 2. The molecule has 0 heterocycles. The standard InChI is InChI=1S/C17H17FN2O/c18-15-6-4-5-14(13-15)7-10-17(8-2-1-3-9-17)16(21)20-12-11-19/h4-6,13H,1-3,8-9,12H2,(H,20,21). The molecular formula is C17H17FN2O. The van der Waals surface area contributed by atoms with Gasteiger partial charge in [0.15, 0.2) is 0 Å². The second-order valence-electron chi connectivity index (χ2n) is 5.24. The molecule has 0 radical (unpaired) electrons. The van der Waals surface area contributed by atoms with Crippen molar-refractivity contribution in [2.75, 3.05) is 6.54 Å². The quantitative estimate of drug-likeness (QED) is 0.670. The van der Waals surface area contributed by atoms with E-state index < -0.39 is 5.41 Å². The molecule has 3 nitrogen and oxygen atoms in total. The van der Waals surface area contributed by atoms with Gasteiger partial charge in [-0.2, -0.15) is 5.26 Å². The van der Waals surface area contributed by atoms with Crippen molar-refractivity contribution < 1.29 is 9.18 Å². The molecule has 0 aliphatic heterocycles. The van der Waals surface area contributed by atoms with Crippen LogP contribution >= 0.6 is 0 Å². The number of carbonyl (C=O) groups excluding carboxylic acids is 1. The Balaban J connectivity index is 2.25. The van der Waals surface area contributed by atoms with Gasteiger partial charge in [0.1, 0.15) is 17.8 Å². The van der Waals surface area contributed by atoms with E-state index in [4.69, 9.17) is 5.26 Å². The maximum atomic E-state index is 13.2. The average Bonchev–Trinajstić information content (AvgIpc) is 2.51. The molecule has 1 aliphatic rings. The predicted molar refractivity (Wildman–Crippen MR) is 77.4 cm³/mol. The Morgan fingerprint density at radius 1 is 1.33 bits per heavy atom. The van der Waals surface area contributed by atoms with E-state index >= 15 is 0 Å². The minimum absolute atomic E-state index is 0.0117. The number of carbonyl (C=O) groups is 1. The summed E-state index contributed by atoms with van der Waals surface area (Å²) < 4.78 is 13.2. The van der Waals surface area contributed by atoms with Crippen molar-refractivity contribution in [3.05, 3.63) is 35.6 Å². The van der Waals surface area contributed by atoms with E-state index in [0.29, 0.717) is 18.4 Å². The Bertz CT molecular complexity index is 616. The molecule has 1 aliphatic carbocycles. The van der Waals surface area contributed by atoms with Crippen molar-refractivity contribution in [1.29, 1.82) is 5.26 Å². The van der Waals surface area contributed by atoms with Gasteiger partial charge in [-0.05, 0) is 31.0 Å².